The molecule has 0 aromatic heterocycles. The first-order valence-electron chi connectivity index (χ1n) is 5.32. The van der Waals surface area contributed by atoms with Crippen LogP contribution in [0.2, 0.25) is 0 Å². The summed E-state index contributed by atoms with van der Waals surface area (Å²) < 4.78 is 0. The molecular formula is C11H21P. The van der Waals surface area contributed by atoms with Gasteiger partial charge >= 0.3 is 75.4 Å². The van der Waals surface area contributed by atoms with Crippen molar-refractivity contribution >= 4 is 6.60 Å². The maximum atomic E-state index is 2.72. The van der Waals surface area contributed by atoms with Crippen molar-refractivity contribution in [3.05, 3.63) is 0 Å². The Labute approximate surface area is 76.0 Å². The number of rotatable bonds is 0. The van der Waals surface area contributed by atoms with Crippen molar-refractivity contribution in [1.82, 2.24) is 0 Å². The van der Waals surface area contributed by atoms with Gasteiger partial charge in [-0.2, -0.15) is 0 Å². The van der Waals surface area contributed by atoms with Crippen LogP contribution < -0.4 is 0 Å². The van der Waals surface area contributed by atoms with Gasteiger partial charge in [-0.25, -0.2) is 0 Å². The Morgan fingerprint density at radius 3 is 2.00 bits per heavy atom. The fourth-order valence-electron chi connectivity index (χ4n) is 6.07. The molecule has 0 saturated carbocycles. The Balaban J connectivity index is 2.18. The molecule has 12 heavy (non-hydrogen) atoms. The molecule has 3 aliphatic heterocycles. The molecule has 3 fully saturated rings. The fraction of sp³-hybridized carbons (Fsp3) is 1.00. The summed E-state index contributed by atoms with van der Waals surface area (Å²) in [5.41, 5.74) is 2.21. The van der Waals surface area contributed by atoms with Crippen molar-refractivity contribution in [3.63, 3.8) is 0 Å². The van der Waals surface area contributed by atoms with Gasteiger partial charge in [0.2, 0.25) is 0 Å². The minimum absolute atomic E-state index is 0.845. The van der Waals surface area contributed by atoms with Crippen LogP contribution in [0.4, 0.5) is 0 Å². The molecule has 0 bridgehead atoms. The van der Waals surface area contributed by atoms with Gasteiger partial charge in [0.25, 0.3) is 0 Å². The van der Waals surface area contributed by atoms with E-state index in [1.165, 1.54) is 0 Å². The van der Waals surface area contributed by atoms with Crippen LogP contribution in [0.15, 0.2) is 0 Å². The van der Waals surface area contributed by atoms with E-state index in [9.17, 15) is 0 Å². The topological polar surface area (TPSA) is 0 Å². The van der Waals surface area contributed by atoms with Crippen LogP contribution in [0.3, 0.4) is 0 Å². The van der Waals surface area contributed by atoms with E-state index in [0.717, 1.165) is 21.6 Å². The predicted molar refractivity (Wildman–Crippen MR) is 57.8 cm³/mol. The first-order chi connectivity index (χ1) is 5.32. The zero-order valence-electron chi connectivity index (χ0n) is 9.02. The summed E-state index contributed by atoms with van der Waals surface area (Å²) in [6.45, 7) is 11.8. The minimum atomic E-state index is -1.13. The van der Waals surface area contributed by atoms with Gasteiger partial charge in [0, 0.05) is 0 Å². The summed E-state index contributed by atoms with van der Waals surface area (Å²) in [6.07, 6.45) is 3.10. The van der Waals surface area contributed by atoms with E-state index in [-0.39, 0.29) is 0 Å². The Kier molecular flexibility index (Phi) is 0.873. The molecule has 3 saturated heterocycles. The third-order valence-corrected chi connectivity index (χ3v) is 18.4. The normalized spacial score (nSPS) is 71.9. The van der Waals surface area contributed by atoms with Gasteiger partial charge < -0.3 is 0 Å². The average molecular weight is 184 g/mol. The molecule has 0 radical (unpaired) electrons. The van der Waals surface area contributed by atoms with E-state index < -0.39 is 6.60 Å². The van der Waals surface area contributed by atoms with Crippen LogP contribution in [0.25, 0.3) is 0 Å². The van der Waals surface area contributed by atoms with Gasteiger partial charge in [0.15, 0.2) is 0 Å². The Morgan fingerprint density at radius 1 is 1.25 bits per heavy atom. The zero-order valence-corrected chi connectivity index (χ0v) is 9.91. The van der Waals surface area contributed by atoms with E-state index in [1.807, 2.05) is 0 Å². The monoisotopic (exact) mass is 184 g/mol. The molecule has 1 spiro atoms. The molecule has 0 aromatic carbocycles. The molecule has 3 aliphatic rings. The number of hydrogen-bond donors (Lipinski definition) is 0. The van der Waals surface area contributed by atoms with Crippen LogP contribution in [0, 0.1) is 0 Å². The van der Waals surface area contributed by atoms with Gasteiger partial charge in [0.05, 0.1) is 0 Å². The van der Waals surface area contributed by atoms with E-state index in [1.54, 1.807) is 12.8 Å². The zero-order chi connectivity index (χ0) is 9.02. The van der Waals surface area contributed by atoms with Crippen LogP contribution in [0.5, 0.6) is 0 Å². The van der Waals surface area contributed by atoms with E-state index in [0.29, 0.717) is 0 Å². The molecule has 0 amide bonds. The molecule has 0 N–H and O–H groups in total. The van der Waals surface area contributed by atoms with Crippen molar-refractivity contribution in [2.45, 2.75) is 62.2 Å². The third-order valence-electron chi connectivity index (χ3n) is 7.23. The van der Waals surface area contributed by atoms with E-state index >= 15 is 0 Å². The summed E-state index contributed by atoms with van der Waals surface area (Å²) in [7, 11) is 0. The Bertz CT molecular complexity index is 287. The Hall–Kier alpha value is 0.430. The molecule has 3 rings (SSSR count). The molecule has 4 atom stereocenters. The van der Waals surface area contributed by atoms with Gasteiger partial charge in [-0.1, -0.05) is 0 Å². The summed E-state index contributed by atoms with van der Waals surface area (Å²) >= 11 is 0. The number of hydrogen-bond acceptors (Lipinski definition) is 0. The molecule has 3 heterocycles. The second kappa shape index (κ2) is 1.34. The molecular weight excluding hydrogens is 163 g/mol. The summed E-state index contributed by atoms with van der Waals surface area (Å²) in [6, 6.07) is 0. The van der Waals surface area contributed by atoms with Crippen molar-refractivity contribution in [2.24, 2.45) is 0 Å². The van der Waals surface area contributed by atoms with Crippen LogP contribution >= 0.6 is 6.60 Å². The molecule has 0 aliphatic carbocycles. The quantitative estimate of drug-likeness (QED) is 0.507. The summed E-state index contributed by atoms with van der Waals surface area (Å²) in [4.78, 5) is 0. The van der Waals surface area contributed by atoms with Crippen LogP contribution in [-0.4, -0.2) is 28.3 Å². The van der Waals surface area contributed by atoms with E-state index in [2.05, 4.69) is 34.4 Å². The maximum absolute atomic E-state index is 2.72. The second-order valence-corrected chi connectivity index (χ2v) is 13.7. The van der Waals surface area contributed by atoms with Crippen molar-refractivity contribution in [3.8, 4) is 0 Å². The van der Waals surface area contributed by atoms with E-state index in [4.69, 9.17) is 0 Å². The van der Waals surface area contributed by atoms with Gasteiger partial charge in [-0.3, -0.25) is 0 Å². The van der Waals surface area contributed by atoms with Gasteiger partial charge in [0.1, 0.15) is 0 Å². The Morgan fingerprint density at radius 2 is 1.83 bits per heavy atom. The first-order valence-corrected chi connectivity index (χ1v) is 8.14. The van der Waals surface area contributed by atoms with Crippen molar-refractivity contribution in [1.29, 1.82) is 0 Å². The summed E-state index contributed by atoms with van der Waals surface area (Å²) in [5, 5.41) is 1.69. The van der Waals surface area contributed by atoms with Gasteiger partial charge in [-0.15, -0.1) is 0 Å². The van der Waals surface area contributed by atoms with Crippen LogP contribution in [0.1, 0.15) is 40.5 Å². The molecule has 0 nitrogen and oxygen atoms in total. The standard InChI is InChI=1S/C11H21P/c1-8-6-10(3)7-11(4)9(2)12(8,10,11)5/h8-9H,6-7H2,1-5H3. The predicted octanol–water partition coefficient (Wildman–Crippen LogP) is 3.28. The van der Waals surface area contributed by atoms with Gasteiger partial charge in [-0.05, 0) is 0 Å². The average Bonchev–Trinajstić information content (AvgIpc) is 2.33. The molecule has 0 aromatic rings. The van der Waals surface area contributed by atoms with Crippen LogP contribution in [-0.2, 0) is 0 Å². The molecule has 70 valence electrons. The first kappa shape index (κ1) is 7.80. The molecule has 1 heteroatoms. The summed E-state index contributed by atoms with van der Waals surface area (Å²) in [5.74, 6) is 0. The fourth-order valence-corrected chi connectivity index (χ4v) is 16.9. The third kappa shape index (κ3) is 0.302. The molecule has 4 unspecified atom stereocenters. The van der Waals surface area contributed by atoms with Crippen molar-refractivity contribution < 1.29 is 0 Å². The van der Waals surface area contributed by atoms with Crippen molar-refractivity contribution in [2.75, 3.05) is 6.66 Å². The second-order valence-electron chi connectivity index (χ2n) is 6.50. The SMILES string of the molecule is CC1CC2(C)CC3(C)C(C)P123C.